The molecule has 1 aliphatic heterocycles. The molecule has 1 saturated heterocycles. The summed E-state index contributed by atoms with van der Waals surface area (Å²) >= 11 is 4.11. The normalized spacial score (nSPS) is 14.0. The van der Waals surface area contributed by atoms with Crippen LogP contribution in [0.1, 0.15) is 28.8 Å². The number of carbonyl (C=O) groups excluding carboxylic acids is 1. The van der Waals surface area contributed by atoms with E-state index in [1.807, 2.05) is 36.6 Å². The van der Waals surface area contributed by atoms with E-state index in [1.165, 1.54) is 47.0 Å². The van der Waals surface area contributed by atoms with Crippen molar-refractivity contribution in [3.8, 4) is 0 Å². The van der Waals surface area contributed by atoms with Gasteiger partial charge in [-0.3, -0.25) is 9.52 Å². The van der Waals surface area contributed by atoms with Crippen LogP contribution in [-0.2, 0) is 15.8 Å². The third-order valence-corrected chi connectivity index (χ3v) is 9.24. The average molecular weight is 507 g/mol. The average Bonchev–Trinajstić information content (AvgIpc) is 3.49. The lowest BCUT2D eigenvalue weighted by Gasteiger charge is -2.18. The van der Waals surface area contributed by atoms with E-state index < -0.39 is 10.0 Å². The number of carbonyl (C=O) groups is 1. The summed E-state index contributed by atoms with van der Waals surface area (Å²) in [5, 5.41) is 8.24. The topological polar surface area (TPSA) is 92.3 Å². The Labute approximate surface area is 200 Å². The van der Waals surface area contributed by atoms with E-state index in [9.17, 15) is 13.2 Å². The molecule has 0 aliphatic carbocycles. The highest BCUT2D eigenvalue weighted by Crippen LogP contribution is 2.31. The van der Waals surface area contributed by atoms with Crippen molar-refractivity contribution in [1.82, 2.24) is 15.1 Å². The van der Waals surface area contributed by atoms with E-state index in [-0.39, 0.29) is 15.9 Å². The van der Waals surface area contributed by atoms with Crippen molar-refractivity contribution in [3.63, 3.8) is 0 Å². The van der Waals surface area contributed by atoms with E-state index in [4.69, 9.17) is 0 Å². The second-order valence-corrected chi connectivity index (χ2v) is 11.8. The van der Waals surface area contributed by atoms with E-state index in [0.717, 1.165) is 29.1 Å². The van der Waals surface area contributed by atoms with Crippen LogP contribution in [0.2, 0.25) is 0 Å². The summed E-state index contributed by atoms with van der Waals surface area (Å²) in [5.41, 5.74) is 1.57. The van der Waals surface area contributed by atoms with Gasteiger partial charge in [0, 0.05) is 23.7 Å². The van der Waals surface area contributed by atoms with Gasteiger partial charge in [-0.1, -0.05) is 53.4 Å². The summed E-state index contributed by atoms with van der Waals surface area (Å²) < 4.78 is 29.1. The highest BCUT2D eigenvalue weighted by molar-refractivity contribution is 8.00. The van der Waals surface area contributed by atoms with Crippen LogP contribution >= 0.6 is 34.9 Å². The van der Waals surface area contributed by atoms with Crippen LogP contribution in [0.4, 0.5) is 5.13 Å². The first kappa shape index (κ1) is 23.1. The third-order valence-electron chi connectivity index (χ3n) is 4.94. The van der Waals surface area contributed by atoms with Gasteiger partial charge in [-0.25, -0.2) is 8.42 Å². The number of benzene rings is 2. The second kappa shape index (κ2) is 10.2. The number of sulfonamides is 1. The Hall–Kier alpha value is -2.08. The molecule has 32 heavy (non-hydrogen) atoms. The molecule has 2 aromatic carbocycles. The van der Waals surface area contributed by atoms with Crippen LogP contribution in [0.15, 0.2) is 62.7 Å². The number of anilines is 1. The summed E-state index contributed by atoms with van der Waals surface area (Å²) in [5.74, 6) is 0.597. The molecule has 7 nitrogen and oxygen atoms in total. The second-order valence-electron chi connectivity index (χ2n) is 7.11. The predicted octanol–water partition coefficient (Wildman–Crippen LogP) is 4.59. The summed E-state index contributed by atoms with van der Waals surface area (Å²) in [4.78, 5) is 15.5. The highest BCUT2D eigenvalue weighted by Gasteiger charge is 2.25. The van der Waals surface area contributed by atoms with E-state index in [0.29, 0.717) is 23.0 Å². The minimum atomic E-state index is -3.90. The lowest BCUT2D eigenvalue weighted by Crippen LogP contribution is -2.28. The standard InChI is InChI=1S/C21H22N4O3S4/c1-29-18-10-9-16(13-17(18)19(26)25-11-5-6-12-25)32(27,28)24-20-22-23-21(31-20)30-14-15-7-3-2-4-8-15/h2-4,7-10,13H,5-6,11-12,14H2,1H3,(H,22,24). The number of nitrogens with one attached hydrogen (secondary N) is 1. The van der Waals surface area contributed by atoms with Gasteiger partial charge < -0.3 is 4.90 Å². The summed E-state index contributed by atoms with van der Waals surface area (Å²) in [6, 6.07) is 14.6. The highest BCUT2D eigenvalue weighted by atomic mass is 32.2. The van der Waals surface area contributed by atoms with Crippen molar-refractivity contribution in [2.75, 3.05) is 24.1 Å². The molecule has 1 N–H and O–H groups in total. The monoisotopic (exact) mass is 506 g/mol. The Kier molecular flexibility index (Phi) is 7.39. The van der Waals surface area contributed by atoms with Crippen molar-refractivity contribution in [3.05, 3.63) is 59.7 Å². The van der Waals surface area contributed by atoms with E-state index >= 15 is 0 Å². The molecule has 11 heteroatoms. The molecule has 0 radical (unpaired) electrons. The molecule has 0 bridgehead atoms. The molecular weight excluding hydrogens is 485 g/mol. The van der Waals surface area contributed by atoms with Gasteiger partial charge in [-0.15, -0.1) is 22.0 Å². The zero-order valence-electron chi connectivity index (χ0n) is 17.4. The molecule has 1 aliphatic rings. The number of aromatic nitrogens is 2. The first-order valence-electron chi connectivity index (χ1n) is 9.96. The number of hydrogen-bond donors (Lipinski definition) is 1. The zero-order chi connectivity index (χ0) is 22.6. The maximum atomic E-state index is 13.0. The molecule has 0 atom stereocenters. The third kappa shape index (κ3) is 5.45. The predicted molar refractivity (Wildman–Crippen MR) is 130 cm³/mol. The molecule has 0 saturated carbocycles. The van der Waals surface area contributed by atoms with Gasteiger partial charge in [0.1, 0.15) is 0 Å². The maximum absolute atomic E-state index is 13.0. The van der Waals surface area contributed by atoms with Gasteiger partial charge in [-0.05, 0) is 42.9 Å². The van der Waals surface area contributed by atoms with E-state index in [1.54, 1.807) is 11.0 Å². The summed E-state index contributed by atoms with van der Waals surface area (Å²) in [7, 11) is -3.90. The zero-order valence-corrected chi connectivity index (χ0v) is 20.6. The minimum Gasteiger partial charge on any atom is -0.339 e. The van der Waals surface area contributed by atoms with Crippen molar-refractivity contribution >= 4 is 55.9 Å². The molecule has 1 aromatic heterocycles. The summed E-state index contributed by atoms with van der Waals surface area (Å²) in [6.45, 7) is 1.41. The number of hydrogen-bond acceptors (Lipinski definition) is 8. The minimum absolute atomic E-state index is 0.0338. The molecule has 0 unspecified atom stereocenters. The fraction of sp³-hybridized carbons (Fsp3) is 0.286. The quantitative estimate of drug-likeness (QED) is 0.447. The summed E-state index contributed by atoms with van der Waals surface area (Å²) in [6.07, 6.45) is 3.82. The molecule has 3 aromatic rings. The molecule has 1 amide bonds. The van der Waals surface area contributed by atoms with Gasteiger partial charge in [0.2, 0.25) is 5.13 Å². The first-order chi connectivity index (χ1) is 15.5. The van der Waals surface area contributed by atoms with Gasteiger partial charge in [0.15, 0.2) is 4.34 Å². The number of amides is 1. The Balaban J connectivity index is 1.49. The Morgan fingerprint density at radius 3 is 2.59 bits per heavy atom. The molecule has 2 heterocycles. The fourth-order valence-corrected chi connectivity index (χ4v) is 6.85. The number of nitrogens with zero attached hydrogens (tertiary/aromatic N) is 3. The van der Waals surface area contributed by atoms with Crippen molar-refractivity contribution in [1.29, 1.82) is 0 Å². The van der Waals surface area contributed by atoms with Crippen LogP contribution in [0.25, 0.3) is 0 Å². The van der Waals surface area contributed by atoms with Crippen molar-refractivity contribution < 1.29 is 13.2 Å². The number of likely N-dealkylation sites (tertiary alicyclic amines) is 1. The van der Waals surface area contributed by atoms with Gasteiger partial charge >= 0.3 is 0 Å². The Bertz CT molecular complexity index is 1190. The molecular formula is C21H22N4O3S4. The first-order valence-corrected chi connectivity index (χ1v) is 14.5. The van der Waals surface area contributed by atoms with Gasteiger partial charge in [0.05, 0.1) is 10.5 Å². The van der Waals surface area contributed by atoms with Crippen LogP contribution in [0.5, 0.6) is 0 Å². The Morgan fingerprint density at radius 1 is 1.12 bits per heavy atom. The van der Waals surface area contributed by atoms with Crippen LogP contribution in [0, 0.1) is 0 Å². The van der Waals surface area contributed by atoms with Crippen LogP contribution in [-0.4, -0.2) is 48.8 Å². The molecule has 168 valence electrons. The van der Waals surface area contributed by atoms with Crippen LogP contribution < -0.4 is 4.72 Å². The molecule has 0 spiro atoms. The van der Waals surface area contributed by atoms with Crippen molar-refractivity contribution in [2.24, 2.45) is 0 Å². The lowest BCUT2D eigenvalue weighted by molar-refractivity contribution is 0.0789. The SMILES string of the molecule is CSc1ccc(S(=O)(=O)Nc2nnc(SCc3ccccc3)s2)cc1C(=O)N1CCCC1. The molecule has 1 fully saturated rings. The Morgan fingerprint density at radius 2 is 1.88 bits per heavy atom. The van der Waals surface area contributed by atoms with Gasteiger partial charge in [0.25, 0.3) is 15.9 Å². The number of thioether (sulfide) groups is 2. The molecule has 4 rings (SSSR count). The van der Waals surface area contributed by atoms with Crippen LogP contribution in [0.3, 0.4) is 0 Å². The number of rotatable bonds is 8. The maximum Gasteiger partial charge on any atom is 0.263 e. The lowest BCUT2D eigenvalue weighted by atomic mass is 10.2. The largest absolute Gasteiger partial charge is 0.339 e. The van der Waals surface area contributed by atoms with E-state index in [2.05, 4.69) is 14.9 Å². The van der Waals surface area contributed by atoms with Crippen molar-refractivity contribution in [2.45, 2.75) is 32.7 Å². The smallest absolute Gasteiger partial charge is 0.263 e. The van der Waals surface area contributed by atoms with Gasteiger partial charge in [-0.2, -0.15) is 0 Å². The fourth-order valence-electron chi connectivity index (χ4n) is 3.31.